The fraction of sp³-hybridized carbons (Fsp3) is 1.00. The number of aliphatic hydroxyl groups is 3. The Bertz CT molecular complexity index is 443. The predicted octanol–water partition coefficient (Wildman–Crippen LogP) is 3.86. The van der Waals surface area contributed by atoms with Crippen LogP contribution >= 0.6 is 0 Å². The van der Waals surface area contributed by atoms with Gasteiger partial charge in [0.1, 0.15) is 0 Å². The smallest absolute Gasteiger partial charge is 0.0832 e. The zero-order chi connectivity index (χ0) is 20.6. The molecular formula is C24H44O4. The number of rotatable bonds is 4. The Morgan fingerprint density at radius 2 is 1.07 bits per heavy atom. The molecule has 3 N–H and O–H groups in total. The topological polar surface area (TPSA) is 69.9 Å². The summed E-state index contributed by atoms with van der Waals surface area (Å²) in [5, 5.41) is 31.4. The van der Waals surface area contributed by atoms with E-state index in [9.17, 15) is 15.3 Å². The van der Waals surface area contributed by atoms with Crippen LogP contribution in [0, 0.1) is 47.3 Å². The molecule has 0 aromatic rings. The average molecular weight is 397 g/mol. The van der Waals surface area contributed by atoms with Crippen LogP contribution < -0.4 is 0 Å². The van der Waals surface area contributed by atoms with Crippen molar-refractivity contribution in [2.45, 2.75) is 97.1 Å². The second kappa shape index (κ2) is 9.32. The van der Waals surface area contributed by atoms with Crippen molar-refractivity contribution < 1.29 is 20.1 Å². The molecule has 3 aliphatic rings. The zero-order valence-electron chi connectivity index (χ0n) is 18.6. The third-order valence-corrected chi connectivity index (χ3v) is 8.76. The molecule has 3 saturated carbocycles. The van der Waals surface area contributed by atoms with E-state index < -0.39 is 0 Å². The van der Waals surface area contributed by atoms with Gasteiger partial charge in [0.15, 0.2) is 0 Å². The Hall–Kier alpha value is -0.160. The highest BCUT2D eigenvalue weighted by atomic mass is 16.5. The van der Waals surface area contributed by atoms with E-state index >= 15 is 0 Å². The van der Waals surface area contributed by atoms with Crippen LogP contribution in [0.25, 0.3) is 0 Å². The molecule has 3 fully saturated rings. The van der Waals surface area contributed by atoms with Gasteiger partial charge >= 0.3 is 0 Å². The first-order valence-electron chi connectivity index (χ1n) is 11.8. The molecule has 0 spiro atoms. The number of methoxy groups -OCH3 is 1. The van der Waals surface area contributed by atoms with E-state index in [4.69, 9.17) is 4.74 Å². The summed E-state index contributed by atoms with van der Waals surface area (Å²) in [4.78, 5) is 0. The van der Waals surface area contributed by atoms with E-state index in [1.54, 1.807) is 7.11 Å². The van der Waals surface area contributed by atoms with Gasteiger partial charge in [-0.1, -0.05) is 27.7 Å². The highest BCUT2D eigenvalue weighted by Gasteiger charge is 2.46. The van der Waals surface area contributed by atoms with Crippen LogP contribution in [-0.2, 0) is 4.74 Å². The summed E-state index contributed by atoms with van der Waals surface area (Å²) in [7, 11) is 1.73. The quantitative estimate of drug-likeness (QED) is 0.675. The van der Waals surface area contributed by atoms with E-state index in [-0.39, 0.29) is 24.4 Å². The Labute approximate surface area is 172 Å². The first kappa shape index (κ1) is 22.5. The molecule has 0 aliphatic heterocycles. The minimum atomic E-state index is -0.334. The maximum absolute atomic E-state index is 10.5. The summed E-state index contributed by atoms with van der Waals surface area (Å²) in [6.07, 6.45) is 6.55. The number of hydrogen-bond acceptors (Lipinski definition) is 4. The van der Waals surface area contributed by atoms with Gasteiger partial charge in [0.25, 0.3) is 0 Å². The van der Waals surface area contributed by atoms with Gasteiger partial charge in [-0.2, -0.15) is 0 Å². The van der Waals surface area contributed by atoms with Crippen LogP contribution in [0.15, 0.2) is 0 Å². The molecule has 4 nitrogen and oxygen atoms in total. The lowest BCUT2D eigenvalue weighted by atomic mass is 9.57. The molecule has 3 rings (SSSR count). The monoisotopic (exact) mass is 396 g/mol. The second-order valence-electron chi connectivity index (χ2n) is 10.8. The van der Waals surface area contributed by atoms with Gasteiger partial charge in [-0.05, 0) is 92.3 Å². The molecule has 0 heterocycles. The van der Waals surface area contributed by atoms with Gasteiger partial charge in [0.05, 0.1) is 24.4 Å². The normalized spacial score (nSPS) is 51.6. The summed E-state index contributed by atoms with van der Waals surface area (Å²) >= 11 is 0. The second-order valence-corrected chi connectivity index (χ2v) is 10.8. The molecular weight excluding hydrogens is 352 g/mol. The predicted molar refractivity (Wildman–Crippen MR) is 112 cm³/mol. The van der Waals surface area contributed by atoms with E-state index in [2.05, 4.69) is 27.7 Å². The Morgan fingerprint density at radius 3 is 1.46 bits per heavy atom. The minimum Gasteiger partial charge on any atom is -0.393 e. The molecule has 0 bridgehead atoms. The van der Waals surface area contributed by atoms with Gasteiger partial charge in [0, 0.05) is 7.11 Å². The van der Waals surface area contributed by atoms with E-state index in [1.165, 1.54) is 0 Å². The SMILES string of the molecule is COC1CC(C(C2CC(C)C(O)C(C)C2)C2CC(C)C(O)C(C)C2)CCC1O. The first-order valence-corrected chi connectivity index (χ1v) is 11.8. The maximum Gasteiger partial charge on any atom is 0.0832 e. The zero-order valence-corrected chi connectivity index (χ0v) is 18.6. The fourth-order valence-electron chi connectivity index (χ4n) is 7.31. The summed E-state index contributed by atoms with van der Waals surface area (Å²) in [6.45, 7) is 8.84. The summed E-state index contributed by atoms with van der Waals surface area (Å²) in [5.74, 6) is 3.87. The molecule has 28 heavy (non-hydrogen) atoms. The lowest BCUT2D eigenvalue weighted by Crippen LogP contribution is -2.47. The molecule has 0 aromatic heterocycles. The van der Waals surface area contributed by atoms with Crippen LogP contribution in [0.4, 0.5) is 0 Å². The summed E-state index contributed by atoms with van der Waals surface area (Å²) in [5.41, 5.74) is 0. The van der Waals surface area contributed by atoms with Gasteiger partial charge in [-0.3, -0.25) is 0 Å². The molecule has 3 aliphatic carbocycles. The van der Waals surface area contributed by atoms with Gasteiger partial charge < -0.3 is 20.1 Å². The van der Waals surface area contributed by atoms with Crippen LogP contribution in [0.1, 0.15) is 72.6 Å². The van der Waals surface area contributed by atoms with Crippen molar-refractivity contribution in [3.05, 3.63) is 0 Å². The van der Waals surface area contributed by atoms with Crippen LogP contribution in [0.2, 0.25) is 0 Å². The van der Waals surface area contributed by atoms with E-state index in [0.717, 1.165) is 44.9 Å². The van der Waals surface area contributed by atoms with Crippen molar-refractivity contribution in [1.82, 2.24) is 0 Å². The van der Waals surface area contributed by atoms with Crippen LogP contribution in [0.3, 0.4) is 0 Å². The molecule has 0 amide bonds. The van der Waals surface area contributed by atoms with Crippen molar-refractivity contribution >= 4 is 0 Å². The highest BCUT2D eigenvalue weighted by molar-refractivity contribution is 4.96. The Balaban J connectivity index is 1.84. The van der Waals surface area contributed by atoms with Gasteiger partial charge in [-0.25, -0.2) is 0 Å². The Morgan fingerprint density at radius 1 is 0.643 bits per heavy atom. The third kappa shape index (κ3) is 4.61. The van der Waals surface area contributed by atoms with Crippen LogP contribution in [0.5, 0.6) is 0 Å². The molecule has 0 aromatic carbocycles. The fourth-order valence-corrected chi connectivity index (χ4v) is 7.31. The van der Waals surface area contributed by atoms with Crippen molar-refractivity contribution in [3.63, 3.8) is 0 Å². The lowest BCUT2D eigenvalue weighted by Gasteiger charge is -2.50. The maximum atomic E-state index is 10.5. The van der Waals surface area contributed by atoms with Crippen molar-refractivity contribution in [2.75, 3.05) is 7.11 Å². The third-order valence-electron chi connectivity index (χ3n) is 8.76. The molecule has 0 saturated heterocycles. The first-order chi connectivity index (χ1) is 13.2. The number of ether oxygens (including phenoxy) is 1. The Kier molecular flexibility index (Phi) is 7.50. The highest BCUT2D eigenvalue weighted by Crippen LogP contribution is 2.51. The average Bonchev–Trinajstić information content (AvgIpc) is 2.65. The van der Waals surface area contributed by atoms with Crippen molar-refractivity contribution in [1.29, 1.82) is 0 Å². The molecule has 4 heteroatoms. The van der Waals surface area contributed by atoms with E-state index in [1.807, 2.05) is 0 Å². The lowest BCUT2D eigenvalue weighted by molar-refractivity contribution is -0.0920. The molecule has 7 unspecified atom stereocenters. The number of hydrogen-bond donors (Lipinski definition) is 3. The standard InChI is InChI=1S/C24H44O4/c1-13-8-18(9-14(2)23(13)26)22(17-6-7-20(25)21(12-17)28-5)19-10-15(3)24(27)16(4)11-19/h13-27H,6-12H2,1-5H3. The molecule has 7 atom stereocenters. The van der Waals surface area contributed by atoms with Crippen LogP contribution in [-0.4, -0.2) is 46.8 Å². The largest absolute Gasteiger partial charge is 0.393 e. The van der Waals surface area contributed by atoms with Gasteiger partial charge in [0.2, 0.25) is 0 Å². The van der Waals surface area contributed by atoms with Crippen molar-refractivity contribution in [2.24, 2.45) is 47.3 Å². The minimum absolute atomic E-state index is 0.0469. The molecule has 164 valence electrons. The summed E-state index contributed by atoms with van der Waals surface area (Å²) < 4.78 is 5.65. The van der Waals surface area contributed by atoms with Crippen molar-refractivity contribution in [3.8, 4) is 0 Å². The molecule has 0 radical (unpaired) electrons. The van der Waals surface area contributed by atoms with Gasteiger partial charge in [-0.15, -0.1) is 0 Å². The number of aliphatic hydroxyl groups excluding tert-OH is 3. The summed E-state index contributed by atoms with van der Waals surface area (Å²) in [6, 6.07) is 0. The van der Waals surface area contributed by atoms with E-state index in [0.29, 0.717) is 47.3 Å².